The third-order valence-electron chi connectivity index (χ3n) is 1.92. The summed E-state index contributed by atoms with van der Waals surface area (Å²) < 4.78 is 38.8. The average Bonchev–Trinajstić information content (AvgIpc) is 2.30. The summed E-state index contributed by atoms with van der Waals surface area (Å²) in [6, 6.07) is 1.02. The van der Waals surface area contributed by atoms with Crippen LogP contribution < -0.4 is 5.32 Å². The largest absolute Gasteiger partial charge is 0.503 e. The Kier molecular flexibility index (Phi) is 3.58. The highest BCUT2D eigenvalue weighted by Gasteiger charge is 2.23. The molecule has 0 fully saturated rings. The molecule has 1 atom stereocenters. The first kappa shape index (κ1) is 12.8. The molecule has 4 nitrogen and oxygen atoms in total. The summed E-state index contributed by atoms with van der Waals surface area (Å²) >= 11 is 0. The molecule has 0 bridgehead atoms. The van der Waals surface area contributed by atoms with Gasteiger partial charge in [0, 0.05) is 0 Å². The second-order valence-corrected chi connectivity index (χ2v) is 3.21. The maximum Gasteiger partial charge on any atom is 0.255 e. The summed E-state index contributed by atoms with van der Waals surface area (Å²) in [5.41, 5.74) is -0.872. The quantitative estimate of drug-likeness (QED) is 0.773. The minimum atomic E-state index is -1.77. The number of benzene rings is 1. The van der Waals surface area contributed by atoms with E-state index in [0.29, 0.717) is 6.07 Å². The Morgan fingerprint density at radius 1 is 1.47 bits per heavy atom. The van der Waals surface area contributed by atoms with E-state index in [2.05, 4.69) is 0 Å². The van der Waals surface area contributed by atoms with Crippen LogP contribution in [0, 0.1) is 28.8 Å². The Morgan fingerprint density at radius 2 is 2.06 bits per heavy atom. The molecule has 2 N–H and O–H groups in total. The average molecular weight is 244 g/mol. The van der Waals surface area contributed by atoms with Crippen LogP contribution in [-0.4, -0.2) is 17.1 Å². The van der Waals surface area contributed by atoms with E-state index in [-0.39, 0.29) is 0 Å². The SMILES string of the molecule is CC(C#N)NC(=O)c1cc(F)c(F)c(O)c1F. The standard InChI is InChI=1S/C10H7F3N2O2/c1-4(3-14)15-10(17)5-2-6(11)8(13)9(16)7(5)12/h2,4,16H,1H3,(H,15,17). The van der Waals surface area contributed by atoms with Crippen LogP contribution in [0.5, 0.6) is 5.75 Å². The highest BCUT2D eigenvalue weighted by Crippen LogP contribution is 2.25. The number of hydrogen-bond acceptors (Lipinski definition) is 3. The van der Waals surface area contributed by atoms with Gasteiger partial charge in [-0.15, -0.1) is 0 Å². The highest BCUT2D eigenvalue weighted by molar-refractivity contribution is 5.95. The molecular weight excluding hydrogens is 237 g/mol. The lowest BCUT2D eigenvalue weighted by molar-refractivity contribution is 0.0942. The van der Waals surface area contributed by atoms with Crippen LogP contribution in [0.1, 0.15) is 17.3 Å². The normalized spacial score (nSPS) is 11.7. The van der Waals surface area contributed by atoms with Crippen LogP contribution in [0.4, 0.5) is 13.2 Å². The maximum atomic E-state index is 13.2. The highest BCUT2D eigenvalue weighted by atomic mass is 19.2. The van der Waals surface area contributed by atoms with Crippen LogP contribution in [0.3, 0.4) is 0 Å². The molecule has 1 aromatic carbocycles. The van der Waals surface area contributed by atoms with Gasteiger partial charge in [0.25, 0.3) is 5.91 Å². The number of carbonyl (C=O) groups excluding carboxylic acids is 1. The molecule has 1 unspecified atom stereocenters. The first-order valence-corrected chi connectivity index (χ1v) is 4.45. The third kappa shape index (κ3) is 2.47. The van der Waals surface area contributed by atoms with Crippen molar-refractivity contribution in [1.82, 2.24) is 5.32 Å². The molecular formula is C10H7F3N2O2. The molecule has 0 aromatic heterocycles. The van der Waals surface area contributed by atoms with Gasteiger partial charge in [-0.3, -0.25) is 4.79 Å². The van der Waals surface area contributed by atoms with E-state index >= 15 is 0 Å². The van der Waals surface area contributed by atoms with Crippen molar-refractivity contribution in [3.63, 3.8) is 0 Å². The van der Waals surface area contributed by atoms with E-state index in [9.17, 15) is 18.0 Å². The predicted octanol–water partition coefficient (Wildman–Crippen LogP) is 1.45. The van der Waals surface area contributed by atoms with E-state index in [0.717, 1.165) is 0 Å². The van der Waals surface area contributed by atoms with Crippen molar-refractivity contribution in [1.29, 1.82) is 5.26 Å². The third-order valence-corrected chi connectivity index (χ3v) is 1.92. The first-order valence-electron chi connectivity index (χ1n) is 4.45. The monoisotopic (exact) mass is 244 g/mol. The number of carbonyl (C=O) groups is 1. The number of halogens is 3. The van der Waals surface area contributed by atoms with Crippen LogP contribution in [0.25, 0.3) is 0 Å². The lowest BCUT2D eigenvalue weighted by Crippen LogP contribution is -2.32. The minimum absolute atomic E-state index is 0.309. The first-order chi connectivity index (χ1) is 7.88. The smallest absolute Gasteiger partial charge is 0.255 e. The molecule has 0 saturated heterocycles. The number of aromatic hydroxyl groups is 1. The van der Waals surface area contributed by atoms with Crippen LogP contribution in [0.15, 0.2) is 6.07 Å². The van der Waals surface area contributed by atoms with Crippen molar-refractivity contribution in [3.05, 3.63) is 29.1 Å². The molecule has 7 heteroatoms. The fraction of sp³-hybridized carbons (Fsp3) is 0.200. The van der Waals surface area contributed by atoms with Crippen molar-refractivity contribution >= 4 is 5.91 Å². The summed E-state index contributed by atoms with van der Waals surface area (Å²) in [6.45, 7) is 1.32. The van der Waals surface area contributed by atoms with E-state index in [1.807, 2.05) is 5.32 Å². The summed E-state index contributed by atoms with van der Waals surface area (Å²) in [4.78, 5) is 11.3. The zero-order chi connectivity index (χ0) is 13.2. The summed E-state index contributed by atoms with van der Waals surface area (Å²) in [5.74, 6) is -7.59. The van der Waals surface area contributed by atoms with Gasteiger partial charge in [0.15, 0.2) is 17.4 Å². The molecule has 0 heterocycles. The number of phenolic OH excluding ortho intramolecular Hbond substituents is 1. The van der Waals surface area contributed by atoms with Gasteiger partial charge in [-0.2, -0.15) is 9.65 Å². The van der Waals surface area contributed by atoms with E-state index in [4.69, 9.17) is 10.4 Å². The van der Waals surface area contributed by atoms with Crippen molar-refractivity contribution in [3.8, 4) is 11.8 Å². The van der Waals surface area contributed by atoms with Gasteiger partial charge in [0.05, 0.1) is 11.6 Å². The molecule has 0 aliphatic heterocycles. The zero-order valence-corrected chi connectivity index (χ0v) is 8.59. The fourth-order valence-corrected chi connectivity index (χ4v) is 1.06. The van der Waals surface area contributed by atoms with Crippen LogP contribution in [-0.2, 0) is 0 Å². The van der Waals surface area contributed by atoms with Gasteiger partial charge in [-0.25, -0.2) is 8.78 Å². The molecule has 1 rings (SSSR count). The van der Waals surface area contributed by atoms with Gasteiger partial charge in [-0.1, -0.05) is 0 Å². The summed E-state index contributed by atoms with van der Waals surface area (Å²) in [7, 11) is 0. The lowest BCUT2D eigenvalue weighted by Gasteiger charge is -2.08. The second-order valence-electron chi connectivity index (χ2n) is 3.21. The minimum Gasteiger partial charge on any atom is -0.503 e. The molecule has 0 aliphatic carbocycles. The van der Waals surface area contributed by atoms with Gasteiger partial charge in [-0.05, 0) is 13.0 Å². The van der Waals surface area contributed by atoms with Crippen molar-refractivity contribution < 1.29 is 23.1 Å². The molecule has 0 radical (unpaired) electrons. The summed E-state index contributed by atoms with van der Waals surface area (Å²) in [5, 5.41) is 19.3. The number of nitrogens with zero attached hydrogens (tertiary/aromatic N) is 1. The van der Waals surface area contributed by atoms with Crippen LogP contribution in [0.2, 0.25) is 0 Å². The molecule has 0 aliphatic rings. The molecule has 1 amide bonds. The molecule has 17 heavy (non-hydrogen) atoms. The van der Waals surface area contributed by atoms with Crippen molar-refractivity contribution in [2.45, 2.75) is 13.0 Å². The number of phenols is 1. The number of hydrogen-bond donors (Lipinski definition) is 2. The second kappa shape index (κ2) is 4.74. The predicted molar refractivity (Wildman–Crippen MR) is 50.5 cm³/mol. The van der Waals surface area contributed by atoms with E-state index in [1.165, 1.54) is 6.92 Å². The lowest BCUT2D eigenvalue weighted by atomic mass is 10.1. The zero-order valence-electron chi connectivity index (χ0n) is 8.59. The Hall–Kier alpha value is -2.23. The van der Waals surface area contributed by atoms with Gasteiger partial charge >= 0.3 is 0 Å². The summed E-state index contributed by atoms with van der Waals surface area (Å²) in [6.07, 6.45) is 0. The Balaban J connectivity index is 3.16. The number of rotatable bonds is 2. The number of amides is 1. The Labute approximate surface area is 94.3 Å². The topological polar surface area (TPSA) is 73.1 Å². The van der Waals surface area contributed by atoms with Gasteiger partial charge in [0.1, 0.15) is 6.04 Å². The fourth-order valence-electron chi connectivity index (χ4n) is 1.06. The molecule has 0 saturated carbocycles. The number of nitrogens with one attached hydrogen (secondary N) is 1. The maximum absolute atomic E-state index is 13.2. The van der Waals surface area contributed by atoms with Crippen LogP contribution >= 0.6 is 0 Å². The number of nitriles is 1. The Morgan fingerprint density at radius 3 is 2.59 bits per heavy atom. The molecule has 0 spiro atoms. The Bertz CT molecular complexity index is 511. The van der Waals surface area contributed by atoms with Gasteiger partial charge in [0.2, 0.25) is 5.82 Å². The molecule has 90 valence electrons. The van der Waals surface area contributed by atoms with E-state index < -0.39 is 40.7 Å². The van der Waals surface area contributed by atoms with Crippen molar-refractivity contribution in [2.75, 3.05) is 0 Å². The van der Waals surface area contributed by atoms with E-state index in [1.54, 1.807) is 6.07 Å². The molecule has 1 aromatic rings. The van der Waals surface area contributed by atoms with Crippen molar-refractivity contribution in [2.24, 2.45) is 0 Å². The van der Waals surface area contributed by atoms with Gasteiger partial charge < -0.3 is 10.4 Å².